The molecule has 0 saturated carbocycles. The van der Waals surface area contributed by atoms with Crippen LogP contribution in [0.4, 0.5) is 23.2 Å². The maximum atomic E-state index is 13.6. The summed E-state index contributed by atoms with van der Waals surface area (Å²) in [5.41, 5.74) is 1.34. The highest BCUT2D eigenvalue weighted by Crippen LogP contribution is 2.19. The highest BCUT2D eigenvalue weighted by molar-refractivity contribution is 5.95. The van der Waals surface area contributed by atoms with E-state index in [4.69, 9.17) is 0 Å². The molecule has 5 nitrogen and oxygen atoms in total. The Morgan fingerprint density at radius 2 is 1.79 bits per heavy atom. The van der Waals surface area contributed by atoms with Crippen LogP contribution in [0.15, 0.2) is 35.3 Å². The number of nitrogens with zero attached hydrogens (tertiary/aromatic N) is 1. The van der Waals surface area contributed by atoms with Crippen LogP contribution in [0, 0.1) is 30.2 Å². The average molecular weight is 396 g/mol. The van der Waals surface area contributed by atoms with Crippen molar-refractivity contribution in [3.05, 3.63) is 64.7 Å². The highest BCUT2D eigenvalue weighted by Gasteiger charge is 2.15. The summed E-state index contributed by atoms with van der Waals surface area (Å²) in [7, 11) is 1.51. The van der Waals surface area contributed by atoms with Crippen molar-refractivity contribution in [2.75, 3.05) is 25.5 Å². The highest BCUT2D eigenvalue weighted by atomic mass is 19.2. The van der Waals surface area contributed by atoms with Crippen LogP contribution in [0.1, 0.15) is 11.1 Å². The minimum Gasteiger partial charge on any atom is -0.356 e. The van der Waals surface area contributed by atoms with Crippen molar-refractivity contribution in [2.24, 2.45) is 4.99 Å². The normalized spacial score (nSPS) is 11.3. The van der Waals surface area contributed by atoms with E-state index in [0.29, 0.717) is 18.9 Å². The second-order valence-electron chi connectivity index (χ2n) is 5.94. The smallest absolute Gasteiger partial charge is 0.243 e. The van der Waals surface area contributed by atoms with Crippen LogP contribution in [0.5, 0.6) is 0 Å². The van der Waals surface area contributed by atoms with Crippen molar-refractivity contribution < 1.29 is 22.4 Å². The molecule has 3 N–H and O–H groups in total. The lowest BCUT2D eigenvalue weighted by molar-refractivity contribution is -0.115. The van der Waals surface area contributed by atoms with E-state index < -0.39 is 29.0 Å². The van der Waals surface area contributed by atoms with E-state index in [0.717, 1.165) is 23.3 Å². The van der Waals surface area contributed by atoms with E-state index >= 15 is 0 Å². The molecule has 9 heteroatoms. The van der Waals surface area contributed by atoms with Gasteiger partial charge in [-0.1, -0.05) is 6.07 Å². The van der Waals surface area contributed by atoms with Crippen LogP contribution in [-0.2, 0) is 11.2 Å². The van der Waals surface area contributed by atoms with Gasteiger partial charge in [0.1, 0.15) is 5.82 Å². The molecule has 0 aromatic heterocycles. The summed E-state index contributed by atoms with van der Waals surface area (Å²) in [6, 6.07) is 6.19. The molecule has 0 atom stereocenters. The Balaban J connectivity index is 1.81. The fourth-order valence-electron chi connectivity index (χ4n) is 2.46. The first-order valence-electron chi connectivity index (χ1n) is 8.44. The molecule has 0 aliphatic rings. The van der Waals surface area contributed by atoms with E-state index in [-0.39, 0.29) is 12.4 Å². The Kier molecular flexibility index (Phi) is 7.36. The van der Waals surface area contributed by atoms with Crippen molar-refractivity contribution in [2.45, 2.75) is 13.3 Å². The van der Waals surface area contributed by atoms with Crippen molar-refractivity contribution >= 4 is 17.6 Å². The Morgan fingerprint density at radius 3 is 2.46 bits per heavy atom. The number of aliphatic imine (C=N–C) groups is 1. The number of anilines is 1. The molecule has 0 unspecified atom stereocenters. The third kappa shape index (κ3) is 5.70. The second kappa shape index (κ2) is 9.72. The Hall–Kier alpha value is -3.10. The number of hydrogen-bond donors (Lipinski definition) is 3. The molecule has 2 aromatic carbocycles. The molecule has 0 aliphatic heterocycles. The summed E-state index contributed by atoms with van der Waals surface area (Å²) < 4.78 is 52.7. The molecule has 0 spiro atoms. The molecule has 0 fully saturated rings. The van der Waals surface area contributed by atoms with Gasteiger partial charge in [-0.05, 0) is 48.7 Å². The Labute approximate surface area is 159 Å². The molecule has 2 aromatic rings. The maximum absolute atomic E-state index is 13.6. The van der Waals surface area contributed by atoms with Crippen LogP contribution < -0.4 is 16.0 Å². The zero-order chi connectivity index (χ0) is 20.7. The Morgan fingerprint density at radius 1 is 1.04 bits per heavy atom. The van der Waals surface area contributed by atoms with Gasteiger partial charge < -0.3 is 16.0 Å². The van der Waals surface area contributed by atoms with Gasteiger partial charge in [0.05, 0.1) is 12.2 Å². The van der Waals surface area contributed by atoms with Gasteiger partial charge in [-0.2, -0.15) is 0 Å². The van der Waals surface area contributed by atoms with Crippen LogP contribution in [-0.4, -0.2) is 32.0 Å². The molecular weight excluding hydrogens is 376 g/mol. The molecular formula is C19H20F4N4O. The predicted octanol–water partition coefficient (Wildman–Crippen LogP) is 2.90. The monoisotopic (exact) mass is 396 g/mol. The lowest BCUT2D eigenvalue weighted by Crippen LogP contribution is -2.42. The number of aryl methyl sites for hydroxylation is 1. The first kappa shape index (κ1) is 21.2. The summed E-state index contributed by atoms with van der Waals surface area (Å²) in [5, 5.41) is 7.86. The van der Waals surface area contributed by atoms with Gasteiger partial charge in [-0.25, -0.2) is 17.6 Å². The quantitative estimate of drug-likeness (QED) is 0.305. The zero-order valence-electron chi connectivity index (χ0n) is 15.4. The number of benzene rings is 2. The van der Waals surface area contributed by atoms with Crippen molar-refractivity contribution in [3.63, 3.8) is 0 Å². The molecule has 0 heterocycles. The third-order valence-electron chi connectivity index (χ3n) is 3.94. The summed E-state index contributed by atoms with van der Waals surface area (Å²) in [6.45, 7) is 2.02. The van der Waals surface area contributed by atoms with Gasteiger partial charge in [0.25, 0.3) is 0 Å². The fraction of sp³-hybridized carbons (Fsp3) is 0.263. The number of nitrogens with one attached hydrogen (secondary N) is 3. The van der Waals surface area contributed by atoms with E-state index in [1.807, 2.05) is 6.92 Å². The standard InChI is InChI=1S/C19H20F4N4O/c1-11-9-13(20)4-3-12(11)7-8-25-19(24-2)26-10-16(28)27-15-6-5-14(21)17(22)18(15)23/h3-6,9H,7-8,10H2,1-2H3,(H,27,28)(H2,24,25,26). The van der Waals surface area contributed by atoms with Crippen LogP contribution in [0.3, 0.4) is 0 Å². The molecule has 2 rings (SSSR count). The number of halogens is 4. The number of carbonyl (C=O) groups excluding carboxylic acids is 1. The summed E-state index contributed by atoms with van der Waals surface area (Å²) in [5.74, 6) is -5.10. The average Bonchev–Trinajstić information content (AvgIpc) is 2.66. The first-order chi connectivity index (χ1) is 13.3. The lowest BCUT2D eigenvalue weighted by Gasteiger charge is -2.13. The Bertz CT molecular complexity index is 886. The van der Waals surface area contributed by atoms with Gasteiger partial charge in [0, 0.05) is 13.6 Å². The minimum atomic E-state index is -1.65. The second-order valence-corrected chi connectivity index (χ2v) is 5.94. The molecule has 28 heavy (non-hydrogen) atoms. The number of hydrogen-bond acceptors (Lipinski definition) is 2. The fourth-order valence-corrected chi connectivity index (χ4v) is 2.46. The number of rotatable bonds is 6. The minimum absolute atomic E-state index is 0.270. The van der Waals surface area contributed by atoms with E-state index in [1.54, 1.807) is 6.07 Å². The lowest BCUT2D eigenvalue weighted by atomic mass is 10.1. The zero-order valence-corrected chi connectivity index (χ0v) is 15.4. The molecule has 0 bridgehead atoms. The predicted molar refractivity (Wildman–Crippen MR) is 99.2 cm³/mol. The molecule has 0 aliphatic carbocycles. The molecule has 0 saturated heterocycles. The summed E-state index contributed by atoms with van der Waals surface area (Å²) >= 11 is 0. The number of carbonyl (C=O) groups is 1. The van der Waals surface area contributed by atoms with E-state index in [9.17, 15) is 22.4 Å². The molecule has 1 amide bonds. The van der Waals surface area contributed by atoms with Gasteiger partial charge in [-0.3, -0.25) is 9.79 Å². The van der Waals surface area contributed by atoms with Crippen molar-refractivity contribution in [1.29, 1.82) is 0 Å². The van der Waals surface area contributed by atoms with Crippen LogP contribution >= 0.6 is 0 Å². The first-order valence-corrected chi connectivity index (χ1v) is 8.44. The maximum Gasteiger partial charge on any atom is 0.243 e. The van der Waals surface area contributed by atoms with Gasteiger partial charge >= 0.3 is 0 Å². The van der Waals surface area contributed by atoms with Crippen LogP contribution in [0.2, 0.25) is 0 Å². The summed E-state index contributed by atoms with van der Waals surface area (Å²) in [4.78, 5) is 15.8. The number of amides is 1. The molecule has 0 radical (unpaired) electrons. The van der Waals surface area contributed by atoms with Crippen molar-refractivity contribution in [1.82, 2.24) is 10.6 Å². The largest absolute Gasteiger partial charge is 0.356 e. The molecule has 150 valence electrons. The topological polar surface area (TPSA) is 65.5 Å². The summed E-state index contributed by atoms with van der Waals surface area (Å²) in [6.07, 6.45) is 0.610. The van der Waals surface area contributed by atoms with Gasteiger partial charge in [0.15, 0.2) is 23.4 Å². The number of guanidine groups is 1. The van der Waals surface area contributed by atoms with Crippen LogP contribution in [0.25, 0.3) is 0 Å². The van der Waals surface area contributed by atoms with E-state index in [1.165, 1.54) is 19.2 Å². The third-order valence-corrected chi connectivity index (χ3v) is 3.94. The van der Waals surface area contributed by atoms with E-state index in [2.05, 4.69) is 20.9 Å². The SMILES string of the molecule is CN=C(NCCc1ccc(F)cc1C)NCC(=O)Nc1ccc(F)c(F)c1F. The van der Waals surface area contributed by atoms with Gasteiger partial charge in [-0.15, -0.1) is 0 Å². The van der Waals surface area contributed by atoms with Crippen molar-refractivity contribution in [3.8, 4) is 0 Å². The van der Waals surface area contributed by atoms with Gasteiger partial charge in [0.2, 0.25) is 5.91 Å².